The molecule has 1 amide bonds. The highest BCUT2D eigenvalue weighted by Crippen LogP contribution is 2.27. The van der Waals surface area contributed by atoms with Gasteiger partial charge in [0.25, 0.3) is 5.91 Å². The molecule has 0 saturated heterocycles. The zero-order valence-corrected chi connectivity index (χ0v) is 16.4. The van der Waals surface area contributed by atoms with Gasteiger partial charge in [0.15, 0.2) is 0 Å². The number of carbonyl (C=O) groups excluding carboxylic acids is 1. The zero-order chi connectivity index (χ0) is 18.1. The lowest BCUT2D eigenvalue weighted by Gasteiger charge is -2.08. The Hall–Kier alpha value is -1.36. The van der Waals surface area contributed by atoms with Crippen LogP contribution in [0.25, 0.3) is 0 Å². The molecule has 0 fully saturated rings. The SMILES string of the molecule is CCCOc1ccc(C(=O)NCCSCc2c(Cl)cccc2Cl)cc1. The number of benzene rings is 2. The topological polar surface area (TPSA) is 38.3 Å². The highest BCUT2D eigenvalue weighted by molar-refractivity contribution is 7.98. The minimum atomic E-state index is -0.0848. The first-order valence-electron chi connectivity index (χ1n) is 8.13. The Kier molecular flexibility index (Phi) is 8.45. The Morgan fingerprint density at radius 2 is 1.80 bits per heavy atom. The van der Waals surface area contributed by atoms with E-state index in [-0.39, 0.29) is 5.91 Å². The van der Waals surface area contributed by atoms with E-state index in [1.54, 1.807) is 23.9 Å². The van der Waals surface area contributed by atoms with E-state index in [4.69, 9.17) is 27.9 Å². The van der Waals surface area contributed by atoms with Crippen LogP contribution in [0, 0.1) is 0 Å². The number of rotatable bonds is 9. The fraction of sp³-hybridized carbons (Fsp3) is 0.316. The summed E-state index contributed by atoms with van der Waals surface area (Å²) in [7, 11) is 0. The minimum absolute atomic E-state index is 0.0848. The van der Waals surface area contributed by atoms with Gasteiger partial charge in [0.05, 0.1) is 6.61 Å². The van der Waals surface area contributed by atoms with Crippen molar-refractivity contribution in [2.24, 2.45) is 0 Å². The molecule has 134 valence electrons. The fourth-order valence-corrected chi connectivity index (χ4v) is 3.70. The second kappa shape index (κ2) is 10.6. The first-order chi connectivity index (χ1) is 12.1. The van der Waals surface area contributed by atoms with Gasteiger partial charge >= 0.3 is 0 Å². The van der Waals surface area contributed by atoms with Crippen molar-refractivity contribution in [2.75, 3.05) is 18.9 Å². The first-order valence-corrected chi connectivity index (χ1v) is 10.0. The lowest BCUT2D eigenvalue weighted by Crippen LogP contribution is -2.25. The molecule has 0 spiro atoms. The van der Waals surface area contributed by atoms with E-state index in [0.717, 1.165) is 29.2 Å². The van der Waals surface area contributed by atoms with Gasteiger partial charge in [0.1, 0.15) is 5.75 Å². The summed E-state index contributed by atoms with van der Waals surface area (Å²) >= 11 is 14.0. The van der Waals surface area contributed by atoms with Gasteiger partial charge in [-0.2, -0.15) is 11.8 Å². The van der Waals surface area contributed by atoms with Gasteiger partial charge in [0, 0.05) is 33.7 Å². The van der Waals surface area contributed by atoms with Crippen molar-refractivity contribution in [1.29, 1.82) is 0 Å². The summed E-state index contributed by atoms with van der Waals surface area (Å²) in [6.45, 7) is 3.32. The van der Waals surface area contributed by atoms with Crippen molar-refractivity contribution in [3.05, 3.63) is 63.6 Å². The normalized spacial score (nSPS) is 10.5. The highest BCUT2D eigenvalue weighted by Gasteiger charge is 2.07. The molecule has 0 heterocycles. The standard InChI is InChI=1S/C19H21Cl2NO2S/c1-2-11-24-15-8-6-14(7-9-15)19(23)22-10-12-25-13-16-17(20)4-3-5-18(16)21/h3-9H,2,10-13H2,1H3,(H,22,23). The van der Waals surface area contributed by atoms with Gasteiger partial charge in [-0.3, -0.25) is 4.79 Å². The summed E-state index contributed by atoms with van der Waals surface area (Å²) in [6.07, 6.45) is 0.958. The highest BCUT2D eigenvalue weighted by atomic mass is 35.5. The second-order valence-electron chi connectivity index (χ2n) is 5.38. The Morgan fingerprint density at radius 3 is 2.44 bits per heavy atom. The number of nitrogens with one attached hydrogen (secondary N) is 1. The average Bonchev–Trinajstić information content (AvgIpc) is 2.62. The van der Waals surface area contributed by atoms with Gasteiger partial charge in [-0.05, 0) is 48.4 Å². The molecule has 25 heavy (non-hydrogen) atoms. The summed E-state index contributed by atoms with van der Waals surface area (Å²) in [4.78, 5) is 12.1. The van der Waals surface area contributed by atoms with E-state index in [1.165, 1.54) is 0 Å². The van der Waals surface area contributed by atoms with Crippen LogP contribution in [-0.2, 0) is 5.75 Å². The summed E-state index contributed by atoms with van der Waals surface area (Å²) in [5.41, 5.74) is 1.56. The van der Waals surface area contributed by atoms with Crippen molar-refractivity contribution < 1.29 is 9.53 Å². The molecule has 3 nitrogen and oxygen atoms in total. The molecular formula is C19H21Cl2NO2S. The van der Waals surface area contributed by atoms with E-state index in [1.807, 2.05) is 30.3 Å². The monoisotopic (exact) mass is 397 g/mol. The molecule has 0 atom stereocenters. The van der Waals surface area contributed by atoms with Crippen molar-refractivity contribution in [3.63, 3.8) is 0 Å². The van der Waals surface area contributed by atoms with Crippen molar-refractivity contribution in [1.82, 2.24) is 5.32 Å². The molecule has 0 saturated carbocycles. The van der Waals surface area contributed by atoms with Gasteiger partial charge in [-0.15, -0.1) is 0 Å². The number of amides is 1. The van der Waals surface area contributed by atoms with E-state index in [2.05, 4.69) is 12.2 Å². The summed E-state index contributed by atoms with van der Waals surface area (Å²) in [5.74, 6) is 2.20. The number of hydrogen-bond acceptors (Lipinski definition) is 3. The third kappa shape index (κ3) is 6.46. The lowest BCUT2D eigenvalue weighted by atomic mass is 10.2. The molecule has 0 aliphatic carbocycles. The van der Waals surface area contributed by atoms with E-state index >= 15 is 0 Å². The molecular weight excluding hydrogens is 377 g/mol. The van der Waals surface area contributed by atoms with Crippen molar-refractivity contribution in [2.45, 2.75) is 19.1 Å². The average molecular weight is 398 g/mol. The molecule has 6 heteroatoms. The molecule has 0 aliphatic rings. The Balaban J connectivity index is 1.71. The maximum Gasteiger partial charge on any atom is 0.251 e. The smallest absolute Gasteiger partial charge is 0.251 e. The molecule has 2 aromatic rings. The van der Waals surface area contributed by atoms with Gasteiger partial charge in [-0.1, -0.05) is 36.2 Å². The van der Waals surface area contributed by atoms with E-state index in [9.17, 15) is 4.79 Å². The van der Waals surface area contributed by atoms with Gasteiger partial charge in [0.2, 0.25) is 0 Å². The van der Waals surface area contributed by atoms with E-state index < -0.39 is 0 Å². The third-order valence-electron chi connectivity index (χ3n) is 3.43. The van der Waals surface area contributed by atoms with Gasteiger partial charge in [-0.25, -0.2) is 0 Å². The molecule has 0 aromatic heterocycles. The Labute approximate surface area is 163 Å². The van der Waals surface area contributed by atoms with Crippen LogP contribution < -0.4 is 10.1 Å². The quantitative estimate of drug-likeness (QED) is 0.571. The predicted molar refractivity (Wildman–Crippen MR) is 107 cm³/mol. The summed E-state index contributed by atoms with van der Waals surface area (Å²) in [5, 5.41) is 4.26. The zero-order valence-electron chi connectivity index (χ0n) is 14.1. The lowest BCUT2D eigenvalue weighted by molar-refractivity contribution is 0.0956. The number of hydrogen-bond donors (Lipinski definition) is 1. The number of thioether (sulfide) groups is 1. The number of ether oxygens (including phenoxy) is 1. The van der Waals surface area contributed by atoms with Crippen LogP contribution in [0.1, 0.15) is 29.3 Å². The van der Waals surface area contributed by atoms with Crippen LogP contribution in [0.5, 0.6) is 5.75 Å². The predicted octanol–water partition coefficient (Wildman–Crippen LogP) is 5.45. The first kappa shape index (κ1) is 20.0. The Bertz CT molecular complexity index is 672. The van der Waals surface area contributed by atoms with E-state index in [0.29, 0.717) is 28.8 Å². The summed E-state index contributed by atoms with van der Waals surface area (Å²) in [6, 6.07) is 12.7. The molecule has 0 unspecified atom stereocenters. The van der Waals surface area contributed by atoms with Crippen LogP contribution in [0.15, 0.2) is 42.5 Å². The Morgan fingerprint density at radius 1 is 1.12 bits per heavy atom. The van der Waals surface area contributed by atoms with Crippen LogP contribution in [-0.4, -0.2) is 24.8 Å². The van der Waals surface area contributed by atoms with Crippen molar-refractivity contribution in [3.8, 4) is 5.75 Å². The van der Waals surface area contributed by atoms with Crippen LogP contribution in [0.4, 0.5) is 0 Å². The fourth-order valence-electron chi connectivity index (χ4n) is 2.11. The molecule has 1 N–H and O–H groups in total. The maximum absolute atomic E-state index is 12.1. The molecule has 2 rings (SSSR count). The number of halogens is 2. The molecule has 0 bridgehead atoms. The van der Waals surface area contributed by atoms with Crippen LogP contribution in [0.2, 0.25) is 10.0 Å². The molecule has 2 aromatic carbocycles. The van der Waals surface area contributed by atoms with Crippen LogP contribution in [0.3, 0.4) is 0 Å². The third-order valence-corrected chi connectivity index (χ3v) is 5.12. The minimum Gasteiger partial charge on any atom is -0.494 e. The second-order valence-corrected chi connectivity index (χ2v) is 7.30. The van der Waals surface area contributed by atoms with Crippen molar-refractivity contribution >= 4 is 40.9 Å². The largest absolute Gasteiger partial charge is 0.494 e. The van der Waals surface area contributed by atoms with Gasteiger partial charge < -0.3 is 10.1 Å². The molecule has 0 aliphatic heterocycles. The summed E-state index contributed by atoms with van der Waals surface area (Å²) < 4.78 is 5.51. The van der Waals surface area contributed by atoms with Crippen LogP contribution >= 0.6 is 35.0 Å². The maximum atomic E-state index is 12.1. The molecule has 0 radical (unpaired) electrons. The number of carbonyl (C=O) groups is 1.